The molecule has 1 aliphatic heterocycles. The van der Waals surface area contributed by atoms with Crippen LogP contribution >= 0.6 is 0 Å². The summed E-state index contributed by atoms with van der Waals surface area (Å²) in [6, 6.07) is 9.16. The van der Waals surface area contributed by atoms with E-state index >= 15 is 0 Å². The molecule has 1 aromatic carbocycles. The molecule has 1 fully saturated rings. The molecule has 0 radical (unpaired) electrons. The topological polar surface area (TPSA) is 70.5 Å². The summed E-state index contributed by atoms with van der Waals surface area (Å²) in [5, 5.41) is 9.56. The molecule has 2 heterocycles. The summed E-state index contributed by atoms with van der Waals surface area (Å²) in [5.74, 6) is -0.786. The third-order valence-corrected chi connectivity index (χ3v) is 3.58. The van der Waals surface area contributed by atoms with E-state index in [-0.39, 0.29) is 18.2 Å². The van der Waals surface area contributed by atoms with E-state index in [1.165, 1.54) is 0 Å². The Hall–Kier alpha value is -2.43. The fourth-order valence-corrected chi connectivity index (χ4v) is 2.57. The molecule has 1 aliphatic rings. The van der Waals surface area contributed by atoms with E-state index in [2.05, 4.69) is 4.98 Å². The molecule has 5 nitrogen and oxygen atoms in total. The molecule has 0 spiro atoms. The molecule has 102 valence electrons. The first-order chi connectivity index (χ1) is 9.65. The number of carboxylic acid groups (broad SMARTS) is 1. The highest BCUT2D eigenvalue weighted by Gasteiger charge is 2.32. The van der Waals surface area contributed by atoms with Gasteiger partial charge < -0.3 is 10.0 Å². The first-order valence-electron chi connectivity index (χ1n) is 6.50. The van der Waals surface area contributed by atoms with Crippen molar-refractivity contribution in [1.82, 2.24) is 9.88 Å². The lowest BCUT2D eigenvalue weighted by Gasteiger charge is -2.38. The van der Waals surface area contributed by atoms with Gasteiger partial charge in [0.15, 0.2) is 0 Å². The third kappa shape index (κ3) is 2.22. The van der Waals surface area contributed by atoms with Gasteiger partial charge in [-0.15, -0.1) is 0 Å². The summed E-state index contributed by atoms with van der Waals surface area (Å²) in [7, 11) is 0. The number of rotatable bonds is 3. The van der Waals surface area contributed by atoms with Crippen molar-refractivity contribution in [1.29, 1.82) is 0 Å². The Morgan fingerprint density at radius 1 is 1.25 bits per heavy atom. The lowest BCUT2D eigenvalue weighted by molar-refractivity contribution is -0.139. The van der Waals surface area contributed by atoms with Crippen LogP contribution in [0.2, 0.25) is 0 Å². The number of carboxylic acids is 1. The highest BCUT2D eigenvalue weighted by molar-refractivity contribution is 6.06. The van der Waals surface area contributed by atoms with Crippen LogP contribution < -0.4 is 0 Å². The van der Waals surface area contributed by atoms with Crippen LogP contribution in [0.25, 0.3) is 10.9 Å². The zero-order chi connectivity index (χ0) is 14.1. The molecule has 1 N–H and O–H groups in total. The second-order valence-corrected chi connectivity index (χ2v) is 5.05. The minimum atomic E-state index is -0.809. The number of carbonyl (C=O) groups excluding carboxylic acids is 1. The normalized spacial score (nSPS) is 15.1. The number of fused-ring (bicyclic) bond motifs is 1. The van der Waals surface area contributed by atoms with Gasteiger partial charge in [-0.1, -0.05) is 12.1 Å². The van der Waals surface area contributed by atoms with E-state index in [0.29, 0.717) is 18.7 Å². The van der Waals surface area contributed by atoms with Crippen LogP contribution in [0, 0.1) is 5.92 Å². The Bertz CT molecular complexity index is 672. The van der Waals surface area contributed by atoms with Gasteiger partial charge in [0, 0.05) is 36.2 Å². The number of hydrogen-bond acceptors (Lipinski definition) is 3. The van der Waals surface area contributed by atoms with Crippen LogP contribution in [0.4, 0.5) is 0 Å². The van der Waals surface area contributed by atoms with Crippen molar-refractivity contribution in [2.45, 2.75) is 6.42 Å². The molecule has 0 atom stereocenters. The van der Waals surface area contributed by atoms with Crippen LogP contribution in [-0.4, -0.2) is 40.0 Å². The van der Waals surface area contributed by atoms with Gasteiger partial charge in [0.2, 0.25) is 0 Å². The molecule has 5 heteroatoms. The third-order valence-electron chi connectivity index (χ3n) is 3.58. The summed E-state index contributed by atoms with van der Waals surface area (Å²) in [6.45, 7) is 1.03. The Balaban J connectivity index is 1.79. The standard InChI is InChI=1S/C15H14N2O3/c18-14(19)7-10-8-17(9-10)15(20)12-3-1-5-13-11(12)4-2-6-16-13/h1-6,10H,7-9H2,(H,18,19). The van der Waals surface area contributed by atoms with Crippen LogP contribution in [0.1, 0.15) is 16.8 Å². The summed E-state index contributed by atoms with van der Waals surface area (Å²) in [5.41, 5.74) is 1.42. The molecule has 1 saturated heterocycles. The Morgan fingerprint density at radius 2 is 2.05 bits per heavy atom. The summed E-state index contributed by atoms with van der Waals surface area (Å²) in [6.07, 6.45) is 1.82. The minimum absolute atomic E-state index is 0.0507. The van der Waals surface area contributed by atoms with Gasteiger partial charge in [0.25, 0.3) is 5.91 Å². The molecule has 0 saturated carbocycles. The fourth-order valence-electron chi connectivity index (χ4n) is 2.57. The number of likely N-dealkylation sites (tertiary alicyclic amines) is 1. The first kappa shape index (κ1) is 12.6. The van der Waals surface area contributed by atoms with Gasteiger partial charge in [0.1, 0.15) is 0 Å². The summed E-state index contributed by atoms with van der Waals surface area (Å²) in [4.78, 5) is 29.0. The minimum Gasteiger partial charge on any atom is -0.481 e. The fraction of sp³-hybridized carbons (Fsp3) is 0.267. The van der Waals surface area contributed by atoms with E-state index < -0.39 is 5.97 Å². The Labute approximate surface area is 115 Å². The van der Waals surface area contributed by atoms with Crippen molar-refractivity contribution < 1.29 is 14.7 Å². The summed E-state index contributed by atoms with van der Waals surface area (Å²) < 4.78 is 0. The maximum Gasteiger partial charge on any atom is 0.303 e. The van der Waals surface area contributed by atoms with E-state index in [4.69, 9.17) is 5.11 Å². The molecule has 2 aromatic rings. The molecule has 0 unspecified atom stereocenters. The average molecular weight is 270 g/mol. The van der Waals surface area contributed by atoms with Gasteiger partial charge in [-0.2, -0.15) is 0 Å². The van der Waals surface area contributed by atoms with Crippen molar-refractivity contribution in [3.8, 4) is 0 Å². The lowest BCUT2D eigenvalue weighted by atomic mass is 9.95. The number of aliphatic carboxylic acids is 1. The number of hydrogen-bond donors (Lipinski definition) is 1. The number of amides is 1. The zero-order valence-corrected chi connectivity index (χ0v) is 10.8. The van der Waals surface area contributed by atoms with Crippen molar-refractivity contribution >= 4 is 22.8 Å². The molecular formula is C15H14N2O3. The SMILES string of the molecule is O=C(O)CC1CN(C(=O)c2cccc3ncccc23)C1. The molecular weight excluding hydrogens is 256 g/mol. The molecule has 3 rings (SSSR count). The number of benzene rings is 1. The second-order valence-electron chi connectivity index (χ2n) is 5.05. The van der Waals surface area contributed by atoms with E-state index in [0.717, 1.165) is 10.9 Å². The maximum absolute atomic E-state index is 12.4. The Morgan fingerprint density at radius 3 is 2.80 bits per heavy atom. The van der Waals surface area contributed by atoms with Gasteiger partial charge in [-0.25, -0.2) is 0 Å². The molecule has 1 amide bonds. The van der Waals surface area contributed by atoms with E-state index in [1.807, 2.05) is 24.3 Å². The predicted molar refractivity (Wildman–Crippen MR) is 73.4 cm³/mol. The maximum atomic E-state index is 12.4. The van der Waals surface area contributed by atoms with Crippen LogP contribution in [0.5, 0.6) is 0 Å². The van der Waals surface area contributed by atoms with Gasteiger partial charge >= 0.3 is 5.97 Å². The second kappa shape index (κ2) is 4.92. The highest BCUT2D eigenvalue weighted by atomic mass is 16.4. The number of aromatic nitrogens is 1. The number of carbonyl (C=O) groups is 2. The van der Waals surface area contributed by atoms with Crippen molar-refractivity contribution in [3.05, 3.63) is 42.1 Å². The van der Waals surface area contributed by atoms with Crippen molar-refractivity contribution in [2.24, 2.45) is 5.92 Å². The molecule has 20 heavy (non-hydrogen) atoms. The van der Waals surface area contributed by atoms with Crippen LogP contribution in [0.15, 0.2) is 36.5 Å². The molecule has 0 aliphatic carbocycles. The monoisotopic (exact) mass is 270 g/mol. The van der Waals surface area contributed by atoms with E-state index in [9.17, 15) is 9.59 Å². The summed E-state index contributed by atoms with van der Waals surface area (Å²) >= 11 is 0. The van der Waals surface area contributed by atoms with Gasteiger partial charge in [-0.3, -0.25) is 14.6 Å². The van der Waals surface area contributed by atoms with Crippen molar-refractivity contribution in [2.75, 3.05) is 13.1 Å². The number of pyridine rings is 1. The average Bonchev–Trinajstić information content (AvgIpc) is 2.41. The smallest absolute Gasteiger partial charge is 0.303 e. The number of nitrogens with zero attached hydrogens (tertiary/aromatic N) is 2. The van der Waals surface area contributed by atoms with Crippen molar-refractivity contribution in [3.63, 3.8) is 0 Å². The Kier molecular flexibility index (Phi) is 3.10. The van der Waals surface area contributed by atoms with Gasteiger partial charge in [-0.05, 0) is 18.2 Å². The predicted octanol–water partition coefficient (Wildman–Crippen LogP) is 1.78. The van der Waals surface area contributed by atoms with E-state index in [1.54, 1.807) is 17.2 Å². The van der Waals surface area contributed by atoms with Crippen LogP contribution in [0.3, 0.4) is 0 Å². The molecule has 0 bridgehead atoms. The lowest BCUT2D eigenvalue weighted by Crippen LogP contribution is -2.50. The van der Waals surface area contributed by atoms with Gasteiger partial charge in [0.05, 0.1) is 11.9 Å². The largest absolute Gasteiger partial charge is 0.481 e. The van der Waals surface area contributed by atoms with Crippen LogP contribution in [-0.2, 0) is 4.79 Å². The quantitative estimate of drug-likeness (QED) is 0.923. The first-order valence-corrected chi connectivity index (χ1v) is 6.50. The zero-order valence-electron chi connectivity index (χ0n) is 10.8. The molecule has 1 aromatic heterocycles. The highest BCUT2D eigenvalue weighted by Crippen LogP contribution is 2.24.